The second kappa shape index (κ2) is 5.12. The molecule has 0 saturated carbocycles. The predicted molar refractivity (Wildman–Crippen MR) is 65.8 cm³/mol. The molecule has 1 saturated heterocycles. The molecule has 1 aliphatic heterocycles. The van der Waals surface area contributed by atoms with Gasteiger partial charge in [0, 0.05) is 29.2 Å². The van der Waals surface area contributed by atoms with Gasteiger partial charge in [-0.15, -0.1) is 11.3 Å². The quantitative estimate of drug-likeness (QED) is 0.815. The number of rotatable bonds is 3. The lowest BCUT2D eigenvalue weighted by Gasteiger charge is -2.18. The second-order valence-electron chi connectivity index (χ2n) is 3.96. The number of thiazole rings is 1. The number of nitrogens with zero attached hydrogens (tertiary/aromatic N) is 1. The number of hydrogen-bond donors (Lipinski definition) is 0. The van der Waals surface area contributed by atoms with Gasteiger partial charge in [-0.25, -0.2) is 4.98 Å². The lowest BCUT2D eigenvalue weighted by molar-refractivity contribution is -0.116. The molecular formula is C11H15NOS2. The van der Waals surface area contributed by atoms with Crippen LogP contribution in [0.15, 0.2) is 6.20 Å². The van der Waals surface area contributed by atoms with Gasteiger partial charge in [0.1, 0.15) is 5.78 Å². The highest BCUT2D eigenvalue weighted by atomic mass is 32.2. The zero-order valence-electron chi connectivity index (χ0n) is 8.86. The van der Waals surface area contributed by atoms with Gasteiger partial charge in [0.15, 0.2) is 0 Å². The molecule has 0 aliphatic carbocycles. The van der Waals surface area contributed by atoms with Crippen molar-refractivity contribution in [2.45, 2.75) is 32.1 Å². The molecule has 1 atom stereocenters. The molecule has 1 fully saturated rings. The fraction of sp³-hybridized carbons (Fsp3) is 0.636. The normalized spacial score (nSPS) is 21.5. The van der Waals surface area contributed by atoms with Crippen molar-refractivity contribution in [3.63, 3.8) is 0 Å². The molecule has 15 heavy (non-hydrogen) atoms. The molecule has 0 amide bonds. The monoisotopic (exact) mass is 241 g/mol. The molecular weight excluding hydrogens is 226 g/mol. The van der Waals surface area contributed by atoms with Crippen LogP contribution in [-0.4, -0.2) is 22.3 Å². The van der Waals surface area contributed by atoms with Gasteiger partial charge in [0.05, 0.1) is 5.01 Å². The van der Waals surface area contributed by atoms with E-state index in [1.807, 2.05) is 18.0 Å². The Bertz CT molecular complexity index is 342. The van der Waals surface area contributed by atoms with Crippen LogP contribution >= 0.6 is 23.1 Å². The highest BCUT2D eigenvalue weighted by molar-refractivity contribution is 7.99. The Morgan fingerprint density at radius 3 is 3.20 bits per heavy atom. The molecule has 0 aromatic carbocycles. The molecule has 2 rings (SSSR count). The van der Waals surface area contributed by atoms with Crippen molar-refractivity contribution in [3.8, 4) is 0 Å². The molecule has 0 radical (unpaired) electrons. The van der Waals surface area contributed by atoms with Gasteiger partial charge >= 0.3 is 0 Å². The van der Waals surface area contributed by atoms with Crippen LogP contribution < -0.4 is 0 Å². The van der Waals surface area contributed by atoms with Crippen LogP contribution in [0.25, 0.3) is 0 Å². The summed E-state index contributed by atoms with van der Waals surface area (Å²) in [5, 5.41) is 1.23. The van der Waals surface area contributed by atoms with Crippen LogP contribution in [0.1, 0.15) is 35.6 Å². The summed E-state index contributed by atoms with van der Waals surface area (Å²) >= 11 is 3.74. The summed E-state index contributed by atoms with van der Waals surface area (Å²) in [6.07, 6.45) is 5.00. The second-order valence-corrected chi connectivity index (χ2v) is 6.25. The van der Waals surface area contributed by atoms with Gasteiger partial charge in [0.2, 0.25) is 0 Å². The van der Waals surface area contributed by atoms with Gasteiger partial charge in [-0.2, -0.15) is 11.8 Å². The maximum Gasteiger partial charge on any atom is 0.135 e. The first-order valence-electron chi connectivity index (χ1n) is 5.27. The Labute approximate surface area is 98.5 Å². The Morgan fingerprint density at radius 2 is 2.53 bits per heavy atom. The van der Waals surface area contributed by atoms with E-state index < -0.39 is 0 Å². The smallest absolute Gasteiger partial charge is 0.135 e. The molecule has 1 aromatic heterocycles. The molecule has 1 aromatic rings. The average molecular weight is 241 g/mol. The number of thioether (sulfide) groups is 1. The van der Waals surface area contributed by atoms with Crippen LogP contribution in [0.4, 0.5) is 0 Å². The largest absolute Gasteiger partial charge is 0.300 e. The van der Waals surface area contributed by atoms with E-state index in [9.17, 15) is 4.79 Å². The minimum absolute atomic E-state index is 0.225. The molecule has 0 N–H and O–H groups in total. The van der Waals surface area contributed by atoms with E-state index >= 15 is 0 Å². The molecule has 0 spiro atoms. The summed E-state index contributed by atoms with van der Waals surface area (Å²) in [7, 11) is 0. The van der Waals surface area contributed by atoms with E-state index in [0.717, 1.165) is 4.88 Å². The van der Waals surface area contributed by atoms with Gasteiger partial charge < -0.3 is 0 Å². The summed E-state index contributed by atoms with van der Waals surface area (Å²) in [5.41, 5.74) is 0. The van der Waals surface area contributed by atoms with Crippen LogP contribution in [0.2, 0.25) is 0 Å². The Kier molecular flexibility index (Phi) is 3.81. The molecule has 4 heteroatoms. The molecule has 1 unspecified atom stereocenters. The van der Waals surface area contributed by atoms with Crippen molar-refractivity contribution in [1.29, 1.82) is 0 Å². The number of carbonyl (C=O) groups excluding carboxylic acids is 1. The number of Topliss-reactive ketones (excluding diaryl/α,β-unsaturated/α-hetero) is 1. The van der Waals surface area contributed by atoms with Gasteiger partial charge in [-0.1, -0.05) is 0 Å². The summed E-state index contributed by atoms with van der Waals surface area (Å²) < 4.78 is 0. The minimum Gasteiger partial charge on any atom is -0.300 e. The third-order valence-corrected chi connectivity index (χ3v) is 4.88. The highest BCUT2D eigenvalue weighted by Gasteiger charge is 2.19. The highest BCUT2D eigenvalue weighted by Crippen LogP contribution is 2.33. The van der Waals surface area contributed by atoms with E-state index in [0.29, 0.717) is 12.3 Å². The van der Waals surface area contributed by atoms with Crippen LogP contribution in [-0.2, 0) is 11.2 Å². The van der Waals surface area contributed by atoms with Gasteiger partial charge in [-0.05, 0) is 25.5 Å². The van der Waals surface area contributed by atoms with Crippen molar-refractivity contribution in [2.75, 3.05) is 11.5 Å². The zero-order valence-corrected chi connectivity index (χ0v) is 10.5. The number of hydrogen-bond acceptors (Lipinski definition) is 4. The van der Waals surface area contributed by atoms with E-state index in [2.05, 4.69) is 4.98 Å². The van der Waals surface area contributed by atoms with E-state index in [1.54, 1.807) is 18.3 Å². The standard InChI is InChI=1S/C11H15NOS2/c1-8(13)5-10-6-12-11(15-10)9-3-2-4-14-7-9/h6,9H,2-5,7H2,1H3. The Morgan fingerprint density at radius 1 is 1.67 bits per heavy atom. The fourth-order valence-electron chi connectivity index (χ4n) is 1.77. The summed E-state index contributed by atoms with van der Waals surface area (Å²) in [6.45, 7) is 1.63. The fourth-order valence-corrected chi connectivity index (χ4v) is 4.15. The average Bonchev–Trinajstić information content (AvgIpc) is 2.67. The molecule has 1 aliphatic rings. The van der Waals surface area contributed by atoms with E-state index in [4.69, 9.17) is 0 Å². The van der Waals surface area contributed by atoms with Crippen LogP contribution in [0.3, 0.4) is 0 Å². The third-order valence-electron chi connectivity index (χ3n) is 2.50. The van der Waals surface area contributed by atoms with Crippen molar-refractivity contribution >= 4 is 28.9 Å². The minimum atomic E-state index is 0.225. The summed E-state index contributed by atoms with van der Waals surface area (Å²) in [4.78, 5) is 16.5. The molecule has 2 heterocycles. The number of ketones is 1. The molecule has 2 nitrogen and oxygen atoms in total. The summed E-state index contributed by atoms with van der Waals surface area (Å²) in [6, 6.07) is 0. The first-order chi connectivity index (χ1) is 7.25. The topological polar surface area (TPSA) is 30.0 Å². The maximum absolute atomic E-state index is 11.0. The first kappa shape index (κ1) is 11.1. The third kappa shape index (κ3) is 3.05. The van der Waals surface area contributed by atoms with Gasteiger partial charge in [0.25, 0.3) is 0 Å². The molecule has 82 valence electrons. The van der Waals surface area contributed by atoms with Gasteiger partial charge in [-0.3, -0.25) is 4.79 Å². The van der Waals surface area contributed by atoms with Crippen molar-refractivity contribution in [1.82, 2.24) is 4.98 Å². The maximum atomic E-state index is 11.0. The van der Waals surface area contributed by atoms with E-state index in [-0.39, 0.29) is 5.78 Å². The molecule has 0 bridgehead atoms. The number of aromatic nitrogens is 1. The van der Waals surface area contributed by atoms with Crippen molar-refractivity contribution < 1.29 is 4.79 Å². The Balaban J connectivity index is 2.02. The Hall–Kier alpha value is -0.350. The van der Waals surface area contributed by atoms with Crippen LogP contribution in [0.5, 0.6) is 0 Å². The number of carbonyl (C=O) groups is 1. The summed E-state index contributed by atoms with van der Waals surface area (Å²) in [5.74, 6) is 3.35. The first-order valence-corrected chi connectivity index (χ1v) is 7.24. The van der Waals surface area contributed by atoms with Crippen LogP contribution in [0, 0.1) is 0 Å². The van der Waals surface area contributed by atoms with Crippen molar-refractivity contribution in [2.24, 2.45) is 0 Å². The lowest BCUT2D eigenvalue weighted by Crippen LogP contribution is -2.07. The SMILES string of the molecule is CC(=O)Cc1cnc(C2CCCSC2)s1. The van der Waals surface area contributed by atoms with E-state index in [1.165, 1.54) is 29.4 Å². The lowest BCUT2D eigenvalue weighted by atomic mass is 10.1. The van der Waals surface area contributed by atoms with Crippen molar-refractivity contribution in [3.05, 3.63) is 16.1 Å². The zero-order chi connectivity index (χ0) is 10.7. The predicted octanol–water partition coefficient (Wildman–Crippen LogP) is 2.89.